The van der Waals surface area contributed by atoms with E-state index in [1.165, 1.54) is 9.80 Å². The number of hydrogen-bond donors (Lipinski definition) is 0. The highest BCUT2D eigenvalue weighted by atomic mass is 16.7. The molecule has 0 saturated carbocycles. The van der Waals surface area contributed by atoms with Crippen molar-refractivity contribution < 1.29 is 19.3 Å². The molecule has 0 unspecified atom stereocenters. The van der Waals surface area contributed by atoms with Gasteiger partial charge in [0, 0.05) is 50.7 Å². The second-order valence-electron chi connectivity index (χ2n) is 10.2. The number of carbonyl (C=O) groups excluding carboxylic acids is 2. The third kappa shape index (κ3) is 8.07. The zero-order chi connectivity index (χ0) is 28.2. The maximum absolute atomic E-state index is 12.3. The van der Waals surface area contributed by atoms with Crippen LogP contribution in [-0.4, -0.2) is 66.2 Å². The number of para-hydroxylation sites is 1. The second-order valence-corrected chi connectivity index (χ2v) is 10.2. The van der Waals surface area contributed by atoms with Gasteiger partial charge in [0.25, 0.3) is 0 Å². The summed E-state index contributed by atoms with van der Waals surface area (Å²) in [4.78, 5) is 38.1. The Hall–Kier alpha value is -3.36. The van der Waals surface area contributed by atoms with Crippen molar-refractivity contribution in [3.63, 3.8) is 0 Å². The Morgan fingerprint density at radius 1 is 0.816 bits per heavy atom. The Morgan fingerprint density at radius 3 is 1.82 bits per heavy atom. The number of fused-ring (bicyclic) bond motifs is 1. The first kappa shape index (κ1) is 30.9. The van der Waals surface area contributed by atoms with E-state index < -0.39 is 12.2 Å². The highest BCUT2D eigenvalue weighted by Gasteiger charge is 2.27. The molecule has 0 N–H and O–H groups in total. The average Bonchev–Trinajstić information content (AvgIpc) is 3.22. The largest absolute Gasteiger partial charge is 0.435 e. The molecule has 2 aromatic rings. The van der Waals surface area contributed by atoms with Crippen LogP contribution in [0.2, 0.25) is 0 Å². The summed E-state index contributed by atoms with van der Waals surface area (Å²) < 4.78 is 2.22. The molecular formula is C29H45N5O4. The van der Waals surface area contributed by atoms with Crippen molar-refractivity contribution in [1.29, 1.82) is 0 Å². The number of benzene rings is 1. The van der Waals surface area contributed by atoms with E-state index in [1.54, 1.807) is 28.2 Å². The Kier molecular flexibility index (Phi) is 12.3. The lowest BCUT2D eigenvalue weighted by Gasteiger charge is -2.18. The maximum atomic E-state index is 12.3. The first-order valence-electron chi connectivity index (χ1n) is 13.7. The normalized spacial score (nSPS) is 12.2. The van der Waals surface area contributed by atoms with Crippen molar-refractivity contribution in [2.75, 3.05) is 28.2 Å². The van der Waals surface area contributed by atoms with E-state index in [2.05, 4.69) is 54.7 Å². The molecule has 0 spiro atoms. The SMILES string of the molecule is CCCCC/C(=N\OC(=O)N(C)C)c1c(/C(CCCCC)=N/OC(=O)N(C)C)n(C(C)C)c2ccccc12. The lowest BCUT2D eigenvalue weighted by Crippen LogP contribution is -2.23. The predicted octanol–water partition coefficient (Wildman–Crippen LogP) is 7.19. The van der Waals surface area contributed by atoms with Crippen LogP contribution in [0.25, 0.3) is 10.9 Å². The summed E-state index contributed by atoms with van der Waals surface area (Å²) in [5.74, 6) is 0. The molecule has 0 aliphatic rings. The van der Waals surface area contributed by atoms with Crippen LogP contribution in [0.15, 0.2) is 34.6 Å². The molecule has 2 rings (SSSR count). The van der Waals surface area contributed by atoms with Gasteiger partial charge >= 0.3 is 12.2 Å². The number of carbonyl (C=O) groups is 2. The fourth-order valence-electron chi connectivity index (χ4n) is 4.24. The van der Waals surface area contributed by atoms with Crippen molar-refractivity contribution >= 4 is 34.5 Å². The lowest BCUT2D eigenvalue weighted by molar-refractivity contribution is 0.121. The van der Waals surface area contributed by atoms with Crippen molar-refractivity contribution in [1.82, 2.24) is 14.4 Å². The molecule has 210 valence electrons. The van der Waals surface area contributed by atoms with Gasteiger partial charge in [-0.2, -0.15) is 0 Å². The predicted molar refractivity (Wildman–Crippen MR) is 154 cm³/mol. The van der Waals surface area contributed by atoms with Gasteiger partial charge in [-0.3, -0.25) is 9.68 Å². The minimum absolute atomic E-state index is 0.0887. The molecule has 0 atom stereocenters. The van der Waals surface area contributed by atoms with Gasteiger partial charge in [-0.05, 0) is 45.6 Å². The Bertz CT molecular complexity index is 1130. The molecule has 9 heteroatoms. The van der Waals surface area contributed by atoms with E-state index in [4.69, 9.17) is 9.68 Å². The monoisotopic (exact) mass is 527 g/mol. The van der Waals surface area contributed by atoms with E-state index in [9.17, 15) is 9.59 Å². The standard InChI is InChI=1S/C29H45N5O4/c1-9-11-13-18-23(30-37-28(35)32(5)6)26-22-17-15-16-20-25(22)34(21(3)4)27(26)24(19-14-12-10-2)31-38-29(36)33(7)8/h15-17,20-21H,9-14,18-19H2,1-8H3/b30-23+,31-24+. The molecule has 2 amide bonds. The molecular weight excluding hydrogens is 482 g/mol. The van der Waals surface area contributed by atoms with E-state index >= 15 is 0 Å². The number of unbranched alkanes of at least 4 members (excludes halogenated alkanes) is 4. The van der Waals surface area contributed by atoms with Crippen LogP contribution in [0, 0.1) is 0 Å². The highest BCUT2D eigenvalue weighted by Crippen LogP contribution is 2.33. The molecule has 9 nitrogen and oxygen atoms in total. The molecule has 1 aromatic heterocycles. The molecule has 1 heterocycles. The topological polar surface area (TPSA) is 88.7 Å². The van der Waals surface area contributed by atoms with Gasteiger partial charge in [0.2, 0.25) is 0 Å². The van der Waals surface area contributed by atoms with Crippen molar-refractivity contribution in [2.24, 2.45) is 10.3 Å². The van der Waals surface area contributed by atoms with Crippen molar-refractivity contribution in [3.8, 4) is 0 Å². The van der Waals surface area contributed by atoms with Crippen LogP contribution >= 0.6 is 0 Å². The summed E-state index contributed by atoms with van der Waals surface area (Å²) in [6.07, 6.45) is 6.13. The van der Waals surface area contributed by atoms with Crippen LogP contribution in [0.3, 0.4) is 0 Å². The molecule has 0 aliphatic heterocycles. The number of oxime groups is 2. The zero-order valence-corrected chi connectivity index (χ0v) is 24.4. The van der Waals surface area contributed by atoms with Crippen LogP contribution < -0.4 is 0 Å². The van der Waals surface area contributed by atoms with Crippen molar-refractivity contribution in [3.05, 3.63) is 35.5 Å². The molecule has 0 radical (unpaired) electrons. The van der Waals surface area contributed by atoms with E-state index in [0.29, 0.717) is 24.3 Å². The number of aromatic nitrogens is 1. The molecule has 0 aliphatic carbocycles. The van der Waals surface area contributed by atoms with Crippen LogP contribution in [0.1, 0.15) is 96.4 Å². The third-order valence-electron chi connectivity index (χ3n) is 6.22. The van der Waals surface area contributed by atoms with E-state index in [-0.39, 0.29) is 6.04 Å². The summed E-state index contributed by atoms with van der Waals surface area (Å²) in [5, 5.41) is 9.83. The molecule has 38 heavy (non-hydrogen) atoms. The smallest absolute Gasteiger partial charge is 0.336 e. The van der Waals surface area contributed by atoms with Crippen molar-refractivity contribution in [2.45, 2.75) is 85.1 Å². The number of amides is 2. The molecule has 0 fully saturated rings. The molecule has 1 aromatic carbocycles. The molecule has 0 saturated heterocycles. The highest BCUT2D eigenvalue weighted by molar-refractivity contribution is 6.20. The zero-order valence-electron chi connectivity index (χ0n) is 24.4. The second kappa shape index (κ2) is 15.1. The van der Waals surface area contributed by atoms with Gasteiger partial charge in [-0.15, -0.1) is 0 Å². The summed E-state index contributed by atoms with van der Waals surface area (Å²) in [5.41, 5.74) is 4.10. The fraction of sp³-hybridized carbons (Fsp3) is 0.586. The lowest BCUT2D eigenvalue weighted by atomic mass is 9.97. The van der Waals surface area contributed by atoms with Crippen LogP contribution in [0.5, 0.6) is 0 Å². The summed E-state index contributed by atoms with van der Waals surface area (Å²) in [6.45, 7) is 8.54. The first-order valence-corrected chi connectivity index (χ1v) is 13.7. The van der Waals surface area contributed by atoms with Crippen LogP contribution in [-0.2, 0) is 9.68 Å². The van der Waals surface area contributed by atoms with Gasteiger partial charge in [-0.25, -0.2) is 9.59 Å². The van der Waals surface area contributed by atoms with Gasteiger partial charge in [0.05, 0.1) is 11.4 Å². The Labute approximate surface area is 227 Å². The average molecular weight is 528 g/mol. The maximum Gasteiger partial charge on any atom is 0.435 e. The van der Waals surface area contributed by atoms with Gasteiger partial charge < -0.3 is 14.4 Å². The number of rotatable bonds is 13. The minimum Gasteiger partial charge on any atom is -0.336 e. The molecule has 0 bridgehead atoms. The van der Waals surface area contributed by atoms with Gasteiger partial charge in [0.1, 0.15) is 5.71 Å². The number of nitrogens with zero attached hydrogens (tertiary/aromatic N) is 5. The van der Waals surface area contributed by atoms with Crippen LogP contribution in [0.4, 0.5) is 9.59 Å². The fourth-order valence-corrected chi connectivity index (χ4v) is 4.24. The summed E-state index contributed by atoms with van der Waals surface area (Å²) in [6, 6.07) is 8.23. The first-order chi connectivity index (χ1) is 18.1. The third-order valence-corrected chi connectivity index (χ3v) is 6.22. The van der Waals surface area contributed by atoms with Gasteiger partial charge in [0.15, 0.2) is 0 Å². The minimum atomic E-state index is -0.538. The Morgan fingerprint density at radius 2 is 1.32 bits per heavy atom. The summed E-state index contributed by atoms with van der Waals surface area (Å²) in [7, 11) is 6.51. The summed E-state index contributed by atoms with van der Waals surface area (Å²) >= 11 is 0. The number of hydrogen-bond acceptors (Lipinski definition) is 6. The quantitative estimate of drug-likeness (QED) is 0.119. The van der Waals surface area contributed by atoms with Gasteiger partial charge in [-0.1, -0.05) is 68.0 Å². The Balaban J connectivity index is 2.86. The van der Waals surface area contributed by atoms with E-state index in [0.717, 1.165) is 60.7 Å². The van der Waals surface area contributed by atoms with E-state index in [1.807, 2.05) is 12.1 Å².